The minimum absolute atomic E-state index is 0.0556. The van der Waals surface area contributed by atoms with Crippen molar-refractivity contribution in [2.75, 3.05) is 7.11 Å². The minimum atomic E-state index is -0.968. The van der Waals surface area contributed by atoms with Gasteiger partial charge in [0.1, 0.15) is 17.5 Å². The van der Waals surface area contributed by atoms with E-state index in [1.807, 2.05) is 0 Å². The average Bonchev–Trinajstić information content (AvgIpc) is 2.77. The summed E-state index contributed by atoms with van der Waals surface area (Å²) in [5.41, 5.74) is -1.41. The normalized spacial score (nSPS) is 11.1. The van der Waals surface area contributed by atoms with Crippen LogP contribution in [0.3, 0.4) is 0 Å². The molecule has 0 spiro atoms. The molecule has 2 aromatic carbocycles. The Kier molecular flexibility index (Phi) is 5.33. The molecule has 4 aromatic rings. The summed E-state index contributed by atoms with van der Waals surface area (Å²) in [5, 5.41) is 0. The van der Waals surface area contributed by atoms with E-state index in [-0.39, 0.29) is 29.2 Å². The Morgan fingerprint density at radius 1 is 0.839 bits per heavy atom. The molecule has 4 rings (SSSR count). The molecule has 31 heavy (non-hydrogen) atoms. The summed E-state index contributed by atoms with van der Waals surface area (Å²) >= 11 is 0. The van der Waals surface area contributed by atoms with Crippen molar-refractivity contribution in [2.24, 2.45) is 0 Å². The molecular formula is C22H16F3N3O3. The van der Waals surface area contributed by atoms with Gasteiger partial charge >= 0.3 is 11.1 Å². The van der Waals surface area contributed by atoms with Crippen LogP contribution in [0.5, 0.6) is 5.88 Å². The molecule has 2 heterocycles. The molecule has 9 heteroatoms. The molecule has 158 valence electrons. The van der Waals surface area contributed by atoms with Crippen LogP contribution in [0.2, 0.25) is 0 Å². The van der Waals surface area contributed by atoms with E-state index < -0.39 is 35.1 Å². The smallest absolute Gasteiger partial charge is 0.318 e. The average molecular weight is 427 g/mol. The number of pyridine rings is 1. The Morgan fingerprint density at radius 2 is 1.48 bits per heavy atom. The van der Waals surface area contributed by atoms with Gasteiger partial charge in [0.25, 0.3) is 0 Å². The van der Waals surface area contributed by atoms with Crippen molar-refractivity contribution < 1.29 is 17.9 Å². The molecule has 0 atom stereocenters. The lowest BCUT2D eigenvalue weighted by Crippen LogP contribution is -2.42. The number of rotatable bonds is 5. The highest BCUT2D eigenvalue weighted by atomic mass is 19.1. The van der Waals surface area contributed by atoms with Crippen LogP contribution in [-0.2, 0) is 13.1 Å². The first-order valence-corrected chi connectivity index (χ1v) is 9.24. The van der Waals surface area contributed by atoms with Gasteiger partial charge in [-0.25, -0.2) is 13.2 Å². The Hall–Kier alpha value is -3.88. The number of benzene rings is 2. The number of aromatic nitrogens is 3. The second-order valence-corrected chi connectivity index (χ2v) is 6.81. The largest absolute Gasteiger partial charge is 0.481 e. The maximum absolute atomic E-state index is 14.2. The number of methoxy groups -OCH3 is 1. The molecular weight excluding hydrogens is 411 g/mol. The van der Waals surface area contributed by atoms with Crippen molar-refractivity contribution in [3.63, 3.8) is 0 Å². The van der Waals surface area contributed by atoms with Gasteiger partial charge in [0, 0.05) is 11.6 Å². The van der Waals surface area contributed by atoms with E-state index in [9.17, 15) is 22.8 Å². The van der Waals surface area contributed by atoms with Crippen molar-refractivity contribution in [3.8, 4) is 5.88 Å². The molecule has 0 aliphatic heterocycles. The second-order valence-electron chi connectivity index (χ2n) is 6.81. The summed E-state index contributed by atoms with van der Waals surface area (Å²) in [4.78, 5) is 30.1. The van der Waals surface area contributed by atoms with Gasteiger partial charge in [-0.3, -0.25) is 18.7 Å². The summed E-state index contributed by atoms with van der Waals surface area (Å²) in [6.07, 6.45) is 0. The highest BCUT2D eigenvalue weighted by molar-refractivity contribution is 5.72. The van der Waals surface area contributed by atoms with E-state index in [0.717, 1.165) is 21.3 Å². The third kappa shape index (κ3) is 3.81. The van der Waals surface area contributed by atoms with Crippen molar-refractivity contribution in [3.05, 3.63) is 104 Å². The van der Waals surface area contributed by atoms with Crippen molar-refractivity contribution in [1.29, 1.82) is 0 Å². The fraction of sp³-hybridized carbons (Fsp3) is 0.136. The van der Waals surface area contributed by atoms with E-state index >= 15 is 0 Å². The monoisotopic (exact) mass is 427 g/mol. The van der Waals surface area contributed by atoms with Gasteiger partial charge in [0.15, 0.2) is 5.65 Å². The van der Waals surface area contributed by atoms with Gasteiger partial charge in [-0.15, -0.1) is 0 Å². The molecule has 0 saturated heterocycles. The summed E-state index contributed by atoms with van der Waals surface area (Å²) in [6.45, 7) is -0.547. The van der Waals surface area contributed by atoms with Crippen LogP contribution in [0.25, 0.3) is 11.2 Å². The lowest BCUT2D eigenvalue weighted by atomic mass is 10.2. The van der Waals surface area contributed by atoms with E-state index in [1.165, 1.54) is 49.6 Å². The van der Waals surface area contributed by atoms with Crippen LogP contribution >= 0.6 is 0 Å². The Bertz CT molecular complexity index is 1380. The Labute approximate surface area is 173 Å². The fourth-order valence-electron chi connectivity index (χ4n) is 3.30. The molecule has 6 nitrogen and oxygen atoms in total. The zero-order valence-corrected chi connectivity index (χ0v) is 16.3. The predicted molar refractivity (Wildman–Crippen MR) is 108 cm³/mol. The van der Waals surface area contributed by atoms with Crippen LogP contribution in [-0.4, -0.2) is 21.2 Å². The first-order valence-electron chi connectivity index (χ1n) is 9.24. The van der Waals surface area contributed by atoms with Crippen LogP contribution in [0.4, 0.5) is 13.2 Å². The fourth-order valence-corrected chi connectivity index (χ4v) is 3.30. The minimum Gasteiger partial charge on any atom is -0.481 e. The number of halogens is 3. The van der Waals surface area contributed by atoms with E-state index in [0.29, 0.717) is 5.56 Å². The first kappa shape index (κ1) is 20.4. The van der Waals surface area contributed by atoms with Gasteiger partial charge in [0.05, 0.1) is 25.7 Å². The van der Waals surface area contributed by atoms with E-state index in [2.05, 4.69) is 4.98 Å². The topological polar surface area (TPSA) is 66.1 Å². The molecule has 0 N–H and O–H groups in total. The molecule has 0 aliphatic rings. The number of nitrogens with zero attached hydrogens (tertiary/aromatic N) is 3. The Balaban J connectivity index is 1.95. The van der Waals surface area contributed by atoms with Gasteiger partial charge in [-0.1, -0.05) is 18.2 Å². The van der Waals surface area contributed by atoms with Crippen molar-refractivity contribution in [2.45, 2.75) is 13.1 Å². The number of hydrogen-bond donors (Lipinski definition) is 0. The summed E-state index contributed by atoms with van der Waals surface area (Å²) in [5.74, 6) is -1.93. The zero-order valence-electron chi connectivity index (χ0n) is 16.3. The predicted octanol–water partition coefficient (Wildman–Crippen LogP) is 3.08. The van der Waals surface area contributed by atoms with Crippen molar-refractivity contribution in [1.82, 2.24) is 14.1 Å². The first-order chi connectivity index (χ1) is 14.9. The third-order valence-corrected chi connectivity index (χ3v) is 4.89. The molecule has 0 amide bonds. The van der Waals surface area contributed by atoms with Crippen LogP contribution < -0.4 is 15.9 Å². The summed E-state index contributed by atoms with van der Waals surface area (Å²) in [7, 11) is 1.39. The molecule has 0 unspecified atom stereocenters. The van der Waals surface area contributed by atoms with Gasteiger partial charge < -0.3 is 4.74 Å². The summed E-state index contributed by atoms with van der Waals surface area (Å²) < 4.78 is 48.8. The molecule has 0 aliphatic carbocycles. The lowest BCUT2D eigenvalue weighted by Gasteiger charge is -2.16. The highest BCUT2D eigenvalue weighted by Crippen LogP contribution is 2.19. The lowest BCUT2D eigenvalue weighted by molar-refractivity contribution is 0.398. The highest BCUT2D eigenvalue weighted by Gasteiger charge is 2.18. The van der Waals surface area contributed by atoms with Crippen LogP contribution in [0, 0.1) is 17.5 Å². The SMILES string of the molecule is COc1ccc2c(n1)n(Cc1ccc(F)cc1)c(=O)c(=O)n2Cc1c(F)cccc1F. The maximum atomic E-state index is 14.2. The summed E-state index contributed by atoms with van der Waals surface area (Å²) in [6, 6.07) is 11.7. The molecule has 0 fully saturated rings. The van der Waals surface area contributed by atoms with Crippen LogP contribution in [0.1, 0.15) is 11.1 Å². The van der Waals surface area contributed by atoms with Gasteiger partial charge in [-0.05, 0) is 35.9 Å². The van der Waals surface area contributed by atoms with E-state index in [1.54, 1.807) is 0 Å². The molecule has 0 radical (unpaired) electrons. The zero-order chi connectivity index (χ0) is 22.1. The quantitative estimate of drug-likeness (QED) is 0.459. The maximum Gasteiger partial charge on any atom is 0.318 e. The second kappa shape index (κ2) is 8.10. The third-order valence-electron chi connectivity index (χ3n) is 4.89. The standard InChI is InChI=1S/C22H16F3N3O3/c1-31-19-10-9-18-20(26-19)28(11-13-5-7-14(23)8-6-13)22(30)21(29)27(18)12-15-16(24)3-2-4-17(15)25/h2-10H,11-12H2,1H3. The number of fused-ring (bicyclic) bond motifs is 1. The molecule has 0 bridgehead atoms. The van der Waals surface area contributed by atoms with Gasteiger partial charge in [0.2, 0.25) is 5.88 Å². The van der Waals surface area contributed by atoms with Crippen LogP contribution in [0.15, 0.2) is 64.2 Å². The van der Waals surface area contributed by atoms with E-state index in [4.69, 9.17) is 4.74 Å². The number of ether oxygens (including phenoxy) is 1. The molecule has 2 aromatic heterocycles. The van der Waals surface area contributed by atoms with Crippen molar-refractivity contribution >= 4 is 11.2 Å². The number of hydrogen-bond acceptors (Lipinski definition) is 4. The van der Waals surface area contributed by atoms with Gasteiger partial charge in [-0.2, -0.15) is 4.98 Å². The Morgan fingerprint density at radius 3 is 2.13 bits per heavy atom. The molecule has 0 saturated carbocycles.